The van der Waals surface area contributed by atoms with Crippen LogP contribution in [0.15, 0.2) is 0 Å². The van der Waals surface area contributed by atoms with E-state index < -0.39 is 10.0 Å². The van der Waals surface area contributed by atoms with Crippen LogP contribution in [0.2, 0.25) is 0 Å². The van der Waals surface area contributed by atoms with Crippen LogP contribution < -0.4 is 4.72 Å². The van der Waals surface area contributed by atoms with Gasteiger partial charge in [-0.25, -0.2) is 13.1 Å². The number of sulfonamides is 1. The molecule has 1 aliphatic rings. The Kier molecular flexibility index (Phi) is 4.98. The first-order chi connectivity index (χ1) is 7.71. The van der Waals surface area contributed by atoms with Gasteiger partial charge in [0.25, 0.3) is 0 Å². The summed E-state index contributed by atoms with van der Waals surface area (Å²) >= 11 is 0. The SMILES string of the molecule is C[C@H]1CC(OCCNS(C)(=O)=O)CCC1(C)C. The van der Waals surface area contributed by atoms with Crippen LogP contribution in [-0.2, 0) is 14.8 Å². The Hall–Kier alpha value is -0.130. The van der Waals surface area contributed by atoms with Crippen LogP contribution in [-0.4, -0.2) is 33.9 Å². The van der Waals surface area contributed by atoms with E-state index in [0.29, 0.717) is 30.6 Å². The highest BCUT2D eigenvalue weighted by Crippen LogP contribution is 2.40. The van der Waals surface area contributed by atoms with E-state index in [1.807, 2.05) is 0 Å². The fourth-order valence-corrected chi connectivity index (χ4v) is 2.67. The fourth-order valence-electron chi connectivity index (χ4n) is 2.21. The molecule has 1 aliphatic carbocycles. The van der Waals surface area contributed by atoms with Crippen molar-refractivity contribution in [2.45, 2.75) is 46.1 Å². The topological polar surface area (TPSA) is 55.4 Å². The number of nitrogens with one attached hydrogen (secondary N) is 1. The van der Waals surface area contributed by atoms with E-state index in [1.165, 1.54) is 6.42 Å². The third kappa shape index (κ3) is 5.36. The van der Waals surface area contributed by atoms with Gasteiger partial charge in [0.15, 0.2) is 0 Å². The Morgan fingerprint density at radius 1 is 1.41 bits per heavy atom. The van der Waals surface area contributed by atoms with Crippen LogP contribution in [0.4, 0.5) is 0 Å². The quantitative estimate of drug-likeness (QED) is 0.769. The van der Waals surface area contributed by atoms with E-state index in [4.69, 9.17) is 4.74 Å². The molecule has 0 aliphatic heterocycles. The highest BCUT2D eigenvalue weighted by molar-refractivity contribution is 7.88. The molecule has 1 unspecified atom stereocenters. The Morgan fingerprint density at radius 3 is 2.59 bits per heavy atom. The van der Waals surface area contributed by atoms with E-state index in [2.05, 4.69) is 25.5 Å². The fraction of sp³-hybridized carbons (Fsp3) is 1.00. The van der Waals surface area contributed by atoms with Gasteiger partial charge in [-0.3, -0.25) is 0 Å². The van der Waals surface area contributed by atoms with E-state index >= 15 is 0 Å². The zero-order chi connectivity index (χ0) is 13.1. The molecule has 2 atom stereocenters. The lowest BCUT2D eigenvalue weighted by atomic mass is 9.69. The minimum absolute atomic E-state index is 0.291. The average Bonchev–Trinajstić information content (AvgIpc) is 2.17. The zero-order valence-corrected chi connectivity index (χ0v) is 12.1. The minimum Gasteiger partial charge on any atom is -0.377 e. The second-order valence-electron chi connectivity index (χ2n) is 5.82. The van der Waals surface area contributed by atoms with Crippen molar-refractivity contribution >= 4 is 10.0 Å². The van der Waals surface area contributed by atoms with E-state index in [0.717, 1.165) is 19.1 Å². The summed E-state index contributed by atoms with van der Waals surface area (Å²) in [6.45, 7) is 7.71. The van der Waals surface area contributed by atoms with Crippen LogP contribution in [0.3, 0.4) is 0 Å². The molecular weight excluding hydrogens is 238 g/mol. The first kappa shape index (κ1) is 14.9. The van der Waals surface area contributed by atoms with Gasteiger partial charge in [-0.15, -0.1) is 0 Å². The Balaban J connectivity index is 2.22. The Bertz CT molecular complexity index is 338. The number of hydrogen-bond donors (Lipinski definition) is 1. The van der Waals surface area contributed by atoms with Crippen LogP contribution >= 0.6 is 0 Å². The van der Waals surface area contributed by atoms with Crippen LogP contribution in [0, 0.1) is 11.3 Å². The predicted molar refractivity (Wildman–Crippen MR) is 69.4 cm³/mol. The van der Waals surface area contributed by atoms with Crippen LogP contribution in [0.1, 0.15) is 40.0 Å². The van der Waals surface area contributed by atoms with Gasteiger partial charge in [0.2, 0.25) is 10.0 Å². The molecule has 1 saturated carbocycles. The second kappa shape index (κ2) is 5.67. The van der Waals surface area contributed by atoms with Crippen molar-refractivity contribution in [3.8, 4) is 0 Å². The van der Waals surface area contributed by atoms with E-state index in [1.54, 1.807) is 0 Å². The molecular formula is C12H25NO3S. The lowest BCUT2D eigenvalue weighted by Gasteiger charge is -2.40. The summed E-state index contributed by atoms with van der Waals surface area (Å²) in [5.74, 6) is 0.657. The molecule has 17 heavy (non-hydrogen) atoms. The maximum absolute atomic E-state index is 10.9. The Morgan fingerprint density at radius 2 is 2.06 bits per heavy atom. The summed E-state index contributed by atoms with van der Waals surface area (Å²) in [4.78, 5) is 0. The summed E-state index contributed by atoms with van der Waals surface area (Å²) in [7, 11) is -3.09. The Labute approximate surface area is 105 Å². The normalized spacial score (nSPS) is 29.2. The zero-order valence-electron chi connectivity index (χ0n) is 11.3. The van der Waals surface area contributed by atoms with Gasteiger partial charge in [-0.2, -0.15) is 0 Å². The van der Waals surface area contributed by atoms with Gasteiger partial charge >= 0.3 is 0 Å². The summed E-state index contributed by atoms with van der Waals surface area (Å²) in [5.41, 5.74) is 0.408. The number of hydrogen-bond acceptors (Lipinski definition) is 3. The van der Waals surface area contributed by atoms with Crippen molar-refractivity contribution in [3.63, 3.8) is 0 Å². The minimum atomic E-state index is -3.09. The third-order valence-electron chi connectivity index (χ3n) is 3.88. The van der Waals surface area contributed by atoms with Gasteiger partial charge in [0.05, 0.1) is 19.0 Å². The van der Waals surface area contributed by atoms with Crippen LogP contribution in [0.25, 0.3) is 0 Å². The molecule has 0 heterocycles. The molecule has 0 aromatic heterocycles. The molecule has 4 nitrogen and oxygen atoms in total. The summed E-state index contributed by atoms with van der Waals surface area (Å²) in [6, 6.07) is 0. The van der Waals surface area contributed by atoms with Crippen molar-refractivity contribution in [1.29, 1.82) is 0 Å². The maximum Gasteiger partial charge on any atom is 0.208 e. The molecule has 0 amide bonds. The molecule has 5 heteroatoms. The second-order valence-corrected chi connectivity index (χ2v) is 7.66. The lowest BCUT2D eigenvalue weighted by Crippen LogP contribution is -2.35. The van der Waals surface area contributed by atoms with Crippen molar-refractivity contribution in [2.24, 2.45) is 11.3 Å². The maximum atomic E-state index is 10.9. The smallest absolute Gasteiger partial charge is 0.208 e. The van der Waals surface area contributed by atoms with Crippen LogP contribution in [0.5, 0.6) is 0 Å². The highest BCUT2D eigenvalue weighted by Gasteiger charge is 2.33. The lowest BCUT2D eigenvalue weighted by molar-refractivity contribution is -0.0182. The van der Waals surface area contributed by atoms with Crippen molar-refractivity contribution in [3.05, 3.63) is 0 Å². The molecule has 1 rings (SSSR count). The predicted octanol–water partition coefficient (Wildman–Crippen LogP) is 1.77. The highest BCUT2D eigenvalue weighted by atomic mass is 32.2. The van der Waals surface area contributed by atoms with Crippen molar-refractivity contribution in [2.75, 3.05) is 19.4 Å². The molecule has 0 aromatic rings. The molecule has 0 aromatic carbocycles. The third-order valence-corrected chi connectivity index (χ3v) is 4.61. The largest absolute Gasteiger partial charge is 0.377 e. The molecule has 1 N–H and O–H groups in total. The number of rotatable bonds is 5. The summed E-state index contributed by atoms with van der Waals surface area (Å²) in [6.07, 6.45) is 4.79. The molecule has 0 spiro atoms. The van der Waals surface area contributed by atoms with E-state index in [9.17, 15) is 8.42 Å². The van der Waals surface area contributed by atoms with Gasteiger partial charge < -0.3 is 4.74 Å². The number of ether oxygens (including phenoxy) is 1. The van der Waals surface area contributed by atoms with Gasteiger partial charge in [0, 0.05) is 6.54 Å². The summed E-state index contributed by atoms with van der Waals surface area (Å²) < 4.78 is 29.9. The van der Waals surface area contributed by atoms with Gasteiger partial charge in [0.1, 0.15) is 0 Å². The van der Waals surface area contributed by atoms with Gasteiger partial charge in [-0.1, -0.05) is 20.8 Å². The van der Waals surface area contributed by atoms with E-state index in [-0.39, 0.29) is 0 Å². The molecule has 102 valence electrons. The first-order valence-electron chi connectivity index (χ1n) is 6.27. The summed E-state index contributed by atoms with van der Waals surface area (Å²) in [5, 5.41) is 0. The molecule has 1 fully saturated rings. The molecule has 0 radical (unpaired) electrons. The standard InChI is InChI=1S/C12H25NO3S/c1-10-9-11(5-6-12(10,2)3)16-8-7-13-17(4,14)15/h10-11,13H,5-9H2,1-4H3/t10-,11?/m0/s1. The van der Waals surface area contributed by atoms with Crippen molar-refractivity contribution < 1.29 is 13.2 Å². The monoisotopic (exact) mass is 263 g/mol. The first-order valence-corrected chi connectivity index (χ1v) is 8.16. The van der Waals surface area contributed by atoms with Crippen molar-refractivity contribution in [1.82, 2.24) is 4.72 Å². The molecule has 0 bridgehead atoms. The van der Waals surface area contributed by atoms with Gasteiger partial charge in [-0.05, 0) is 30.6 Å². The average molecular weight is 263 g/mol. The molecule has 0 saturated heterocycles.